The second-order valence-electron chi connectivity index (χ2n) is 4.24. The van der Waals surface area contributed by atoms with Crippen LogP contribution >= 0.6 is 11.8 Å². The standard InChI is InChI=1S/C15H16FNO2S/c16-12-5-1-4-8-15(12)20-10-11(18)9-19-14-7-3-2-6-13(14)17/h1-8,11,18H,9-10,17H2. The Balaban J connectivity index is 1.80. The maximum atomic E-state index is 13.4. The van der Waals surface area contributed by atoms with E-state index in [1.165, 1.54) is 17.8 Å². The van der Waals surface area contributed by atoms with Crippen molar-refractivity contribution in [2.24, 2.45) is 0 Å². The van der Waals surface area contributed by atoms with Gasteiger partial charge in [-0.3, -0.25) is 0 Å². The zero-order valence-corrected chi connectivity index (χ0v) is 11.6. The fourth-order valence-electron chi connectivity index (χ4n) is 1.59. The summed E-state index contributed by atoms with van der Waals surface area (Å²) in [6.07, 6.45) is -0.695. The van der Waals surface area contributed by atoms with Gasteiger partial charge in [-0.15, -0.1) is 11.8 Å². The third-order valence-electron chi connectivity index (χ3n) is 2.62. The average Bonchev–Trinajstić information content (AvgIpc) is 2.45. The summed E-state index contributed by atoms with van der Waals surface area (Å²) >= 11 is 1.26. The van der Waals surface area contributed by atoms with E-state index in [-0.39, 0.29) is 12.4 Å². The van der Waals surface area contributed by atoms with Gasteiger partial charge < -0.3 is 15.6 Å². The minimum Gasteiger partial charge on any atom is -0.489 e. The molecule has 0 aliphatic rings. The first-order chi connectivity index (χ1) is 9.66. The van der Waals surface area contributed by atoms with Crippen LogP contribution < -0.4 is 10.5 Å². The first-order valence-electron chi connectivity index (χ1n) is 6.19. The molecule has 0 aliphatic carbocycles. The van der Waals surface area contributed by atoms with Crippen LogP contribution in [0.2, 0.25) is 0 Å². The van der Waals surface area contributed by atoms with E-state index in [0.717, 1.165) is 0 Å². The Hall–Kier alpha value is -1.72. The molecule has 20 heavy (non-hydrogen) atoms. The van der Waals surface area contributed by atoms with Crippen LogP contribution in [0.1, 0.15) is 0 Å². The fourth-order valence-corrected chi connectivity index (χ4v) is 2.44. The summed E-state index contributed by atoms with van der Waals surface area (Å²) in [4.78, 5) is 0.519. The second kappa shape index (κ2) is 7.17. The molecule has 0 aliphatic heterocycles. The molecule has 0 amide bonds. The van der Waals surface area contributed by atoms with E-state index < -0.39 is 6.10 Å². The second-order valence-corrected chi connectivity index (χ2v) is 5.31. The highest BCUT2D eigenvalue weighted by molar-refractivity contribution is 7.99. The number of thioether (sulfide) groups is 1. The third kappa shape index (κ3) is 4.15. The van der Waals surface area contributed by atoms with Gasteiger partial charge in [0, 0.05) is 10.6 Å². The van der Waals surface area contributed by atoms with Gasteiger partial charge in [-0.1, -0.05) is 24.3 Å². The van der Waals surface area contributed by atoms with Crippen molar-refractivity contribution >= 4 is 17.4 Å². The number of nitrogens with two attached hydrogens (primary N) is 1. The van der Waals surface area contributed by atoms with Crippen molar-refractivity contribution in [1.29, 1.82) is 0 Å². The van der Waals surface area contributed by atoms with E-state index in [4.69, 9.17) is 10.5 Å². The fraction of sp³-hybridized carbons (Fsp3) is 0.200. The van der Waals surface area contributed by atoms with E-state index in [0.29, 0.717) is 22.1 Å². The van der Waals surface area contributed by atoms with Crippen molar-refractivity contribution in [3.63, 3.8) is 0 Å². The first kappa shape index (κ1) is 14.7. The summed E-state index contributed by atoms with van der Waals surface area (Å²) in [6.45, 7) is 0.121. The Morgan fingerprint density at radius 1 is 1.15 bits per heavy atom. The lowest BCUT2D eigenvalue weighted by molar-refractivity contribution is 0.127. The minimum absolute atomic E-state index is 0.121. The Kier molecular flexibility index (Phi) is 5.26. The Morgan fingerprint density at radius 3 is 2.60 bits per heavy atom. The molecule has 0 fully saturated rings. The van der Waals surface area contributed by atoms with Gasteiger partial charge in [0.25, 0.3) is 0 Å². The Morgan fingerprint density at radius 2 is 1.85 bits per heavy atom. The number of para-hydroxylation sites is 2. The van der Waals surface area contributed by atoms with Gasteiger partial charge in [0.1, 0.15) is 18.2 Å². The summed E-state index contributed by atoms with van der Waals surface area (Å²) in [7, 11) is 0. The number of benzene rings is 2. The van der Waals surface area contributed by atoms with Crippen molar-refractivity contribution < 1.29 is 14.2 Å². The number of hydrogen-bond donors (Lipinski definition) is 2. The van der Waals surface area contributed by atoms with Crippen LogP contribution in [-0.2, 0) is 0 Å². The SMILES string of the molecule is Nc1ccccc1OCC(O)CSc1ccccc1F. The molecular formula is C15H16FNO2S. The van der Waals surface area contributed by atoms with Crippen molar-refractivity contribution in [2.75, 3.05) is 18.1 Å². The van der Waals surface area contributed by atoms with Crippen LogP contribution in [-0.4, -0.2) is 23.6 Å². The van der Waals surface area contributed by atoms with E-state index in [1.807, 2.05) is 12.1 Å². The number of rotatable bonds is 6. The van der Waals surface area contributed by atoms with Crippen LogP contribution in [0.4, 0.5) is 10.1 Å². The molecule has 3 N–H and O–H groups in total. The molecule has 1 unspecified atom stereocenters. The number of ether oxygens (including phenoxy) is 1. The van der Waals surface area contributed by atoms with Crippen molar-refractivity contribution in [2.45, 2.75) is 11.0 Å². The molecule has 3 nitrogen and oxygen atoms in total. The van der Waals surface area contributed by atoms with Crippen LogP contribution in [0.5, 0.6) is 5.75 Å². The average molecular weight is 293 g/mol. The molecule has 0 spiro atoms. The van der Waals surface area contributed by atoms with Crippen LogP contribution in [0.15, 0.2) is 53.4 Å². The molecule has 2 aromatic carbocycles. The Bertz CT molecular complexity index is 516. The van der Waals surface area contributed by atoms with Crippen LogP contribution in [0.3, 0.4) is 0 Å². The van der Waals surface area contributed by atoms with E-state index in [1.54, 1.807) is 30.3 Å². The molecule has 2 aromatic rings. The molecule has 0 aromatic heterocycles. The van der Waals surface area contributed by atoms with Crippen molar-refractivity contribution in [3.05, 3.63) is 54.3 Å². The predicted molar refractivity (Wildman–Crippen MR) is 79.5 cm³/mol. The molecule has 106 valence electrons. The lowest BCUT2D eigenvalue weighted by Crippen LogP contribution is -2.20. The predicted octanol–water partition coefficient (Wildman–Crippen LogP) is 2.94. The number of aliphatic hydroxyl groups is 1. The highest BCUT2D eigenvalue weighted by atomic mass is 32.2. The number of halogens is 1. The molecule has 0 bridgehead atoms. The smallest absolute Gasteiger partial charge is 0.142 e. The Labute approximate surface area is 121 Å². The molecule has 0 heterocycles. The molecule has 0 saturated carbocycles. The number of anilines is 1. The monoisotopic (exact) mass is 293 g/mol. The van der Waals surface area contributed by atoms with E-state index in [2.05, 4.69) is 0 Å². The van der Waals surface area contributed by atoms with Gasteiger partial charge in [0.2, 0.25) is 0 Å². The normalized spacial score (nSPS) is 12.1. The number of hydrogen-bond acceptors (Lipinski definition) is 4. The van der Waals surface area contributed by atoms with Gasteiger partial charge in [0.05, 0.1) is 11.8 Å². The highest BCUT2D eigenvalue weighted by Crippen LogP contribution is 2.23. The topological polar surface area (TPSA) is 55.5 Å². The van der Waals surface area contributed by atoms with Gasteiger partial charge in [-0.05, 0) is 24.3 Å². The zero-order chi connectivity index (χ0) is 14.4. The minimum atomic E-state index is -0.695. The van der Waals surface area contributed by atoms with Crippen molar-refractivity contribution in [1.82, 2.24) is 0 Å². The lowest BCUT2D eigenvalue weighted by Gasteiger charge is -2.13. The largest absolute Gasteiger partial charge is 0.489 e. The maximum Gasteiger partial charge on any atom is 0.142 e. The summed E-state index contributed by atoms with van der Waals surface area (Å²) in [6, 6.07) is 13.6. The maximum absolute atomic E-state index is 13.4. The third-order valence-corrected chi connectivity index (χ3v) is 3.81. The summed E-state index contributed by atoms with van der Waals surface area (Å²) in [5.41, 5.74) is 6.26. The number of aliphatic hydroxyl groups excluding tert-OH is 1. The van der Waals surface area contributed by atoms with Crippen molar-refractivity contribution in [3.8, 4) is 5.75 Å². The van der Waals surface area contributed by atoms with E-state index in [9.17, 15) is 9.50 Å². The lowest BCUT2D eigenvalue weighted by atomic mass is 10.3. The molecule has 2 rings (SSSR count). The molecule has 1 atom stereocenters. The van der Waals surface area contributed by atoms with Gasteiger partial charge in [-0.25, -0.2) is 4.39 Å². The van der Waals surface area contributed by atoms with E-state index >= 15 is 0 Å². The molecular weight excluding hydrogens is 277 g/mol. The molecule has 0 saturated heterocycles. The van der Waals surface area contributed by atoms with Gasteiger partial charge >= 0.3 is 0 Å². The first-order valence-corrected chi connectivity index (χ1v) is 7.18. The van der Waals surface area contributed by atoms with Gasteiger partial charge in [0.15, 0.2) is 0 Å². The highest BCUT2D eigenvalue weighted by Gasteiger charge is 2.09. The quantitative estimate of drug-likeness (QED) is 0.635. The summed E-state index contributed by atoms with van der Waals surface area (Å²) in [5, 5.41) is 9.84. The van der Waals surface area contributed by atoms with Crippen LogP contribution in [0, 0.1) is 5.82 Å². The summed E-state index contributed by atoms with van der Waals surface area (Å²) < 4.78 is 18.8. The number of nitrogen functional groups attached to an aromatic ring is 1. The van der Waals surface area contributed by atoms with Crippen LogP contribution in [0.25, 0.3) is 0 Å². The summed E-state index contributed by atoms with van der Waals surface area (Å²) in [5.74, 6) is 0.619. The zero-order valence-electron chi connectivity index (χ0n) is 10.8. The molecule has 5 heteroatoms. The van der Waals surface area contributed by atoms with Gasteiger partial charge in [-0.2, -0.15) is 0 Å². The molecule has 0 radical (unpaired) electrons.